The van der Waals surface area contributed by atoms with Gasteiger partial charge < -0.3 is 9.88 Å². The molecule has 124 valence electrons. The summed E-state index contributed by atoms with van der Waals surface area (Å²) in [6.45, 7) is 0.666. The van der Waals surface area contributed by atoms with Crippen molar-refractivity contribution in [3.8, 4) is 0 Å². The normalized spacial score (nSPS) is 18.0. The van der Waals surface area contributed by atoms with Crippen LogP contribution in [0.3, 0.4) is 0 Å². The minimum absolute atomic E-state index is 0.0602. The van der Waals surface area contributed by atoms with Crippen LogP contribution in [0.5, 0.6) is 0 Å². The number of aromatic nitrogens is 3. The lowest BCUT2D eigenvalue weighted by molar-refractivity contribution is -0.182. The average molecular weight is 328 g/mol. The minimum Gasteiger partial charge on any atom is -0.313 e. The molecular weight excluding hydrogens is 312 g/mol. The lowest BCUT2D eigenvalue weighted by Crippen LogP contribution is -2.33. The summed E-state index contributed by atoms with van der Waals surface area (Å²) in [5, 5.41) is 11.0. The number of aryl methyl sites for hydroxylation is 1. The second-order valence-electron chi connectivity index (χ2n) is 5.65. The highest BCUT2D eigenvalue weighted by Gasteiger charge is 2.42. The van der Waals surface area contributed by atoms with Gasteiger partial charge in [0, 0.05) is 19.5 Å². The third-order valence-corrected chi connectivity index (χ3v) is 4.01. The molecule has 1 aliphatic heterocycles. The Kier molecular flexibility index (Phi) is 4.34. The van der Waals surface area contributed by atoms with Gasteiger partial charge >= 0.3 is 6.18 Å². The van der Waals surface area contributed by atoms with Gasteiger partial charge in [0.1, 0.15) is 17.5 Å². The van der Waals surface area contributed by atoms with E-state index in [9.17, 15) is 17.6 Å². The van der Waals surface area contributed by atoms with E-state index in [1.165, 1.54) is 12.1 Å². The third kappa shape index (κ3) is 3.69. The van der Waals surface area contributed by atoms with Crippen molar-refractivity contribution >= 4 is 0 Å². The van der Waals surface area contributed by atoms with Gasteiger partial charge in [0.05, 0.1) is 12.5 Å². The molecule has 0 saturated carbocycles. The number of nitrogens with one attached hydrogen (secondary N) is 1. The number of benzene rings is 1. The van der Waals surface area contributed by atoms with Crippen molar-refractivity contribution < 1.29 is 17.6 Å². The fraction of sp³-hybridized carbons (Fsp3) is 0.467. The molecule has 2 heterocycles. The van der Waals surface area contributed by atoms with E-state index in [-0.39, 0.29) is 25.2 Å². The van der Waals surface area contributed by atoms with Crippen molar-refractivity contribution in [3.63, 3.8) is 0 Å². The van der Waals surface area contributed by atoms with E-state index >= 15 is 0 Å². The number of halogens is 4. The molecule has 2 aromatic rings. The molecule has 1 aromatic carbocycles. The van der Waals surface area contributed by atoms with Crippen LogP contribution in [0.4, 0.5) is 17.6 Å². The summed E-state index contributed by atoms with van der Waals surface area (Å²) in [4.78, 5) is 0. The number of hydrogen-bond acceptors (Lipinski definition) is 3. The summed E-state index contributed by atoms with van der Waals surface area (Å²) in [7, 11) is 0. The SMILES string of the molecule is Fc1ccc(CNCc2nnc3n2C[C@H](C(F)(F)F)CC3)cc1. The van der Waals surface area contributed by atoms with Gasteiger partial charge in [0.25, 0.3) is 0 Å². The fourth-order valence-electron chi connectivity index (χ4n) is 2.70. The summed E-state index contributed by atoms with van der Waals surface area (Å²) >= 11 is 0. The first-order valence-electron chi connectivity index (χ1n) is 7.36. The molecular formula is C15H16F4N4. The van der Waals surface area contributed by atoms with Crippen LogP contribution in [-0.2, 0) is 26.1 Å². The Labute approximate surface area is 130 Å². The predicted molar refractivity (Wildman–Crippen MR) is 74.8 cm³/mol. The van der Waals surface area contributed by atoms with Gasteiger partial charge in [-0.3, -0.25) is 0 Å². The van der Waals surface area contributed by atoms with Crippen LogP contribution in [0.15, 0.2) is 24.3 Å². The Bertz CT molecular complexity index is 663. The lowest BCUT2D eigenvalue weighted by atomic mass is 9.99. The molecule has 0 aliphatic carbocycles. The maximum Gasteiger partial charge on any atom is 0.393 e. The quantitative estimate of drug-likeness (QED) is 0.878. The second kappa shape index (κ2) is 6.27. The molecule has 0 saturated heterocycles. The second-order valence-corrected chi connectivity index (χ2v) is 5.65. The Balaban J connectivity index is 1.62. The summed E-state index contributed by atoms with van der Waals surface area (Å²) in [5.74, 6) is -0.555. The van der Waals surface area contributed by atoms with Crippen LogP contribution >= 0.6 is 0 Å². The highest BCUT2D eigenvalue weighted by atomic mass is 19.4. The van der Waals surface area contributed by atoms with E-state index in [0.29, 0.717) is 24.7 Å². The molecule has 0 radical (unpaired) electrons. The van der Waals surface area contributed by atoms with Crippen molar-refractivity contribution in [3.05, 3.63) is 47.3 Å². The summed E-state index contributed by atoms with van der Waals surface area (Å²) in [5.41, 5.74) is 0.887. The van der Waals surface area contributed by atoms with Gasteiger partial charge in [0.15, 0.2) is 0 Å². The molecule has 0 amide bonds. The van der Waals surface area contributed by atoms with Crippen LogP contribution < -0.4 is 5.32 Å². The summed E-state index contributed by atoms with van der Waals surface area (Å²) in [6.07, 6.45) is -3.85. The van der Waals surface area contributed by atoms with Crippen molar-refractivity contribution in [1.29, 1.82) is 0 Å². The highest BCUT2D eigenvalue weighted by molar-refractivity contribution is 5.15. The maximum absolute atomic E-state index is 12.9. The number of nitrogens with zero attached hydrogens (tertiary/aromatic N) is 3. The van der Waals surface area contributed by atoms with E-state index in [2.05, 4.69) is 15.5 Å². The molecule has 4 nitrogen and oxygen atoms in total. The van der Waals surface area contributed by atoms with Gasteiger partial charge in [-0.2, -0.15) is 13.2 Å². The fourth-order valence-corrected chi connectivity index (χ4v) is 2.70. The standard InChI is InChI=1S/C15H16F4N4/c16-12-4-1-10(2-5-12)7-20-8-14-22-21-13-6-3-11(9-23(13)14)15(17,18)19/h1-2,4-5,11,20H,3,6-9H2/t11-/m1/s1. The van der Waals surface area contributed by atoms with Crippen molar-refractivity contribution in [2.24, 2.45) is 5.92 Å². The van der Waals surface area contributed by atoms with Crippen LogP contribution in [0.2, 0.25) is 0 Å². The molecule has 0 spiro atoms. The first-order valence-corrected chi connectivity index (χ1v) is 7.36. The van der Waals surface area contributed by atoms with Gasteiger partial charge in [-0.25, -0.2) is 4.39 Å². The third-order valence-electron chi connectivity index (χ3n) is 4.01. The zero-order valence-corrected chi connectivity index (χ0v) is 12.3. The molecule has 1 atom stereocenters. The van der Waals surface area contributed by atoms with Crippen LogP contribution in [0.25, 0.3) is 0 Å². The molecule has 0 fully saturated rings. The first-order chi connectivity index (χ1) is 10.9. The molecule has 3 rings (SSSR count). The predicted octanol–water partition coefficient (Wildman–Crippen LogP) is 2.83. The van der Waals surface area contributed by atoms with E-state index in [4.69, 9.17) is 0 Å². The monoisotopic (exact) mass is 328 g/mol. The van der Waals surface area contributed by atoms with Gasteiger partial charge in [-0.1, -0.05) is 12.1 Å². The molecule has 1 N–H and O–H groups in total. The summed E-state index contributed by atoms with van der Waals surface area (Å²) < 4.78 is 53.0. The Morgan fingerprint density at radius 2 is 1.87 bits per heavy atom. The molecule has 1 aliphatic rings. The molecule has 0 bridgehead atoms. The topological polar surface area (TPSA) is 42.7 Å². The van der Waals surface area contributed by atoms with Crippen LogP contribution in [-0.4, -0.2) is 20.9 Å². The van der Waals surface area contributed by atoms with Crippen LogP contribution in [0.1, 0.15) is 23.6 Å². The number of rotatable bonds is 4. The lowest BCUT2D eigenvalue weighted by Gasteiger charge is -2.26. The number of hydrogen-bond donors (Lipinski definition) is 1. The Morgan fingerprint density at radius 3 is 2.57 bits per heavy atom. The smallest absolute Gasteiger partial charge is 0.313 e. The Morgan fingerprint density at radius 1 is 1.13 bits per heavy atom. The van der Waals surface area contributed by atoms with Gasteiger partial charge in [0.2, 0.25) is 0 Å². The molecule has 23 heavy (non-hydrogen) atoms. The molecule has 8 heteroatoms. The first kappa shape index (κ1) is 15.9. The number of alkyl halides is 3. The zero-order valence-electron chi connectivity index (χ0n) is 12.3. The highest BCUT2D eigenvalue weighted by Crippen LogP contribution is 2.34. The minimum atomic E-state index is -4.19. The van der Waals surface area contributed by atoms with Gasteiger partial charge in [-0.05, 0) is 24.1 Å². The van der Waals surface area contributed by atoms with Crippen molar-refractivity contribution in [2.75, 3.05) is 0 Å². The van der Waals surface area contributed by atoms with E-state index < -0.39 is 12.1 Å². The summed E-state index contributed by atoms with van der Waals surface area (Å²) in [6, 6.07) is 6.04. The van der Waals surface area contributed by atoms with E-state index in [0.717, 1.165) is 5.56 Å². The van der Waals surface area contributed by atoms with E-state index in [1.54, 1.807) is 16.7 Å². The van der Waals surface area contributed by atoms with E-state index in [1.807, 2.05) is 0 Å². The van der Waals surface area contributed by atoms with Crippen LogP contribution in [0, 0.1) is 11.7 Å². The van der Waals surface area contributed by atoms with Crippen molar-refractivity contribution in [2.45, 2.75) is 38.7 Å². The zero-order chi connectivity index (χ0) is 16.4. The average Bonchev–Trinajstić information content (AvgIpc) is 2.91. The molecule has 0 unspecified atom stereocenters. The largest absolute Gasteiger partial charge is 0.393 e. The van der Waals surface area contributed by atoms with Gasteiger partial charge in [-0.15, -0.1) is 10.2 Å². The Hall–Kier alpha value is -1.96. The van der Waals surface area contributed by atoms with Crippen molar-refractivity contribution in [1.82, 2.24) is 20.1 Å². The maximum atomic E-state index is 12.9. The molecule has 1 aromatic heterocycles. The number of fused-ring (bicyclic) bond motifs is 1.